The summed E-state index contributed by atoms with van der Waals surface area (Å²) in [6.07, 6.45) is 0.683. The van der Waals surface area contributed by atoms with Gasteiger partial charge in [-0.3, -0.25) is 4.79 Å². The van der Waals surface area contributed by atoms with Crippen molar-refractivity contribution in [2.75, 3.05) is 25.4 Å². The highest BCUT2D eigenvalue weighted by molar-refractivity contribution is 8.02. The molecule has 1 aliphatic heterocycles. The van der Waals surface area contributed by atoms with Gasteiger partial charge in [0.1, 0.15) is 5.37 Å². The SMILES string of the molecule is CC(CNCCC(NC(=O)C1SCCN1S(=O)(=O)c1ccc(-c2ccccc2)cc1)c1ccccc1)c1ccccc1. The summed E-state index contributed by atoms with van der Waals surface area (Å²) in [5.74, 6) is 0.647. The zero-order valence-electron chi connectivity index (χ0n) is 23.7. The van der Waals surface area contributed by atoms with Crippen LogP contribution < -0.4 is 10.6 Å². The third-order valence-electron chi connectivity index (χ3n) is 7.59. The lowest BCUT2D eigenvalue weighted by atomic mass is 10.0. The predicted molar refractivity (Wildman–Crippen MR) is 172 cm³/mol. The monoisotopic (exact) mass is 599 g/mol. The van der Waals surface area contributed by atoms with Crippen molar-refractivity contribution in [2.45, 2.75) is 35.6 Å². The molecule has 42 heavy (non-hydrogen) atoms. The van der Waals surface area contributed by atoms with Crippen molar-refractivity contribution in [3.63, 3.8) is 0 Å². The maximum atomic E-state index is 13.7. The molecule has 3 atom stereocenters. The molecule has 1 saturated heterocycles. The van der Waals surface area contributed by atoms with E-state index in [0.717, 1.165) is 23.2 Å². The van der Waals surface area contributed by atoms with Gasteiger partial charge in [0.25, 0.3) is 0 Å². The second-order valence-corrected chi connectivity index (χ2v) is 13.6. The van der Waals surface area contributed by atoms with Crippen molar-refractivity contribution in [3.05, 3.63) is 126 Å². The lowest BCUT2D eigenvalue weighted by Crippen LogP contribution is -2.46. The highest BCUT2D eigenvalue weighted by Gasteiger charge is 2.40. The van der Waals surface area contributed by atoms with Crippen LogP contribution in [-0.2, 0) is 14.8 Å². The molecule has 1 aliphatic rings. The third kappa shape index (κ3) is 7.31. The molecule has 6 nitrogen and oxygen atoms in total. The van der Waals surface area contributed by atoms with Gasteiger partial charge in [-0.05, 0) is 53.3 Å². The standard InChI is InChI=1S/C34H37N3O3S2/c1-26(27-11-5-2-6-12-27)25-35-22-21-32(30-15-9-4-10-16-30)36-33(38)34-37(23-24-41-34)42(39,40)31-19-17-29(18-20-31)28-13-7-3-8-14-28/h2-20,26,32,34-35H,21-25H2,1H3,(H,36,38). The molecule has 1 heterocycles. The Morgan fingerprint density at radius 2 is 1.40 bits per heavy atom. The Kier molecular flexibility index (Phi) is 10.1. The number of carbonyl (C=O) groups excluding carboxylic acids is 1. The van der Waals surface area contributed by atoms with Crippen LogP contribution in [0.25, 0.3) is 11.1 Å². The normalized spacial score (nSPS) is 17.0. The quantitative estimate of drug-likeness (QED) is 0.194. The van der Waals surface area contributed by atoms with E-state index >= 15 is 0 Å². The van der Waals surface area contributed by atoms with E-state index in [1.165, 1.54) is 21.6 Å². The van der Waals surface area contributed by atoms with Gasteiger partial charge in [-0.2, -0.15) is 4.31 Å². The number of rotatable bonds is 12. The molecule has 0 spiro atoms. The molecule has 8 heteroatoms. The highest BCUT2D eigenvalue weighted by Crippen LogP contribution is 2.32. The second kappa shape index (κ2) is 14.2. The van der Waals surface area contributed by atoms with Gasteiger partial charge < -0.3 is 10.6 Å². The molecular weight excluding hydrogens is 563 g/mol. The zero-order chi connectivity index (χ0) is 29.4. The largest absolute Gasteiger partial charge is 0.347 e. The van der Waals surface area contributed by atoms with Gasteiger partial charge in [0.05, 0.1) is 10.9 Å². The molecule has 0 saturated carbocycles. The molecule has 4 aromatic rings. The molecular formula is C34H37N3O3S2. The van der Waals surface area contributed by atoms with Gasteiger partial charge >= 0.3 is 0 Å². The first-order chi connectivity index (χ1) is 20.4. The van der Waals surface area contributed by atoms with Crippen LogP contribution in [0.2, 0.25) is 0 Å². The molecule has 0 aliphatic carbocycles. The lowest BCUT2D eigenvalue weighted by molar-refractivity contribution is -0.122. The van der Waals surface area contributed by atoms with Crippen molar-refractivity contribution >= 4 is 27.7 Å². The Morgan fingerprint density at radius 1 is 0.833 bits per heavy atom. The van der Waals surface area contributed by atoms with Crippen LogP contribution >= 0.6 is 11.8 Å². The molecule has 3 unspecified atom stereocenters. The van der Waals surface area contributed by atoms with Crippen molar-refractivity contribution in [1.29, 1.82) is 0 Å². The molecule has 0 radical (unpaired) electrons. The number of thioether (sulfide) groups is 1. The minimum absolute atomic E-state index is 0.193. The van der Waals surface area contributed by atoms with Crippen molar-refractivity contribution < 1.29 is 13.2 Å². The van der Waals surface area contributed by atoms with E-state index in [1.807, 2.05) is 78.9 Å². The Morgan fingerprint density at radius 3 is 2.05 bits per heavy atom. The fourth-order valence-electron chi connectivity index (χ4n) is 5.21. The van der Waals surface area contributed by atoms with Crippen molar-refractivity contribution in [2.24, 2.45) is 0 Å². The maximum absolute atomic E-state index is 13.7. The van der Waals surface area contributed by atoms with E-state index in [2.05, 4.69) is 41.8 Å². The summed E-state index contributed by atoms with van der Waals surface area (Å²) in [6, 6.07) is 36.8. The van der Waals surface area contributed by atoms with E-state index in [4.69, 9.17) is 0 Å². The molecule has 0 aromatic heterocycles. The minimum Gasteiger partial charge on any atom is -0.347 e. The zero-order valence-corrected chi connectivity index (χ0v) is 25.4. The van der Waals surface area contributed by atoms with Crippen LogP contribution in [0.1, 0.15) is 36.4 Å². The summed E-state index contributed by atoms with van der Waals surface area (Å²) in [7, 11) is -3.85. The molecule has 5 rings (SSSR count). The molecule has 1 amide bonds. The number of amides is 1. The summed E-state index contributed by atoms with van der Waals surface area (Å²) in [5.41, 5.74) is 4.24. The number of benzene rings is 4. The van der Waals surface area contributed by atoms with Gasteiger partial charge in [0.15, 0.2) is 0 Å². The molecule has 2 N–H and O–H groups in total. The molecule has 0 bridgehead atoms. The van der Waals surface area contributed by atoms with Crippen LogP contribution in [0.4, 0.5) is 0 Å². The number of nitrogens with one attached hydrogen (secondary N) is 2. The second-order valence-electron chi connectivity index (χ2n) is 10.5. The summed E-state index contributed by atoms with van der Waals surface area (Å²) < 4.78 is 28.7. The minimum atomic E-state index is -3.85. The first kappa shape index (κ1) is 30.0. The lowest BCUT2D eigenvalue weighted by Gasteiger charge is -2.26. The molecule has 218 valence electrons. The number of carbonyl (C=O) groups is 1. The van der Waals surface area contributed by atoms with Gasteiger partial charge in [-0.1, -0.05) is 110 Å². The van der Waals surface area contributed by atoms with Gasteiger partial charge in [0, 0.05) is 18.8 Å². The summed E-state index contributed by atoms with van der Waals surface area (Å²) in [6.45, 7) is 4.03. The number of hydrogen-bond acceptors (Lipinski definition) is 5. The topological polar surface area (TPSA) is 78.5 Å². The van der Waals surface area contributed by atoms with Crippen LogP contribution in [0, 0.1) is 0 Å². The Hall–Kier alpha value is -3.43. The van der Waals surface area contributed by atoms with Crippen LogP contribution in [0.5, 0.6) is 0 Å². The first-order valence-electron chi connectivity index (χ1n) is 14.3. The van der Waals surface area contributed by atoms with Gasteiger partial charge in [0.2, 0.25) is 15.9 Å². The number of hydrogen-bond donors (Lipinski definition) is 2. The average molecular weight is 600 g/mol. The van der Waals surface area contributed by atoms with Crippen molar-refractivity contribution in [1.82, 2.24) is 14.9 Å². The third-order valence-corrected chi connectivity index (χ3v) is 10.8. The average Bonchev–Trinajstić information content (AvgIpc) is 3.55. The van der Waals surface area contributed by atoms with Crippen molar-refractivity contribution in [3.8, 4) is 11.1 Å². The predicted octanol–water partition coefficient (Wildman–Crippen LogP) is 6.06. The fourth-order valence-corrected chi connectivity index (χ4v) is 8.29. The van der Waals surface area contributed by atoms with Crippen LogP contribution in [-0.4, -0.2) is 49.4 Å². The highest BCUT2D eigenvalue weighted by atomic mass is 32.2. The molecule has 1 fully saturated rings. The van der Waals surface area contributed by atoms with Gasteiger partial charge in [-0.15, -0.1) is 11.8 Å². The van der Waals surface area contributed by atoms with Crippen LogP contribution in [0.3, 0.4) is 0 Å². The van der Waals surface area contributed by atoms with Crippen LogP contribution in [0.15, 0.2) is 120 Å². The van der Waals surface area contributed by atoms with E-state index in [-0.39, 0.29) is 16.8 Å². The number of nitrogens with zero attached hydrogens (tertiary/aromatic N) is 1. The molecule has 4 aromatic carbocycles. The summed E-state index contributed by atoms with van der Waals surface area (Å²) in [5, 5.41) is 5.89. The van der Waals surface area contributed by atoms with E-state index in [1.54, 1.807) is 12.1 Å². The fraction of sp³-hybridized carbons (Fsp3) is 0.265. The maximum Gasteiger partial charge on any atom is 0.249 e. The van der Waals surface area contributed by atoms with E-state index < -0.39 is 15.4 Å². The Bertz CT molecular complexity index is 1530. The summed E-state index contributed by atoms with van der Waals surface area (Å²) >= 11 is 1.37. The Balaban J connectivity index is 1.24. The number of sulfonamides is 1. The van der Waals surface area contributed by atoms with E-state index in [9.17, 15) is 13.2 Å². The Labute approximate surface area is 253 Å². The summed E-state index contributed by atoms with van der Waals surface area (Å²) in [4.78, 5) is 13.8. The first-order valence-corrected chi connectivity index (χ1v) is 16.8. The van der Waals surface area contributed by atoms with Gasteiger partial charge in [-0.25, -0.2) is 8.42 Å². The smallest absolute Gasteiger partial charge is 0.249 e. The van der Waals surface area contributed by atoms with E-state index in [0.29, 0.717) is 31.2 Å².